The van der Waals surface area contributed by atoms with Crippen LogP contribution in [0.3, 0.4) is 0 Å². The molecule has 0 atom stereocenters. The quantitative estimate of drug-likeness (QED) is 0.451. The van der Waals surface area contributed by atoms with Crippen molar-refractivity contribution in [2.75, 3.05) is 6.61 Å². The molecule has 1 aromatic rings. The first-order valence-electron chi connectivity index (χ1n) is 3.60. The van der Waals surface area contributed by atoms with Crippen molar-refractivity contribution in [3.63, 3.8) is 0 Å². The number of aliphatic imine (C=N–C) groups is 1. The fraction of sp³-hybridized carbons (Fsp3) is 0.429. The molecular formula is C7H7N3O2. The third-order valence-electron chi connectivity index (χ3n) is 1.86. The van der Waals surface area contributed by atoms with Gasteiger partial charge < -0.3 is 4.74 Å². The highest BCUT2D eigenvalue weighted by Crippen LogP contribution is 2.26. The average molecular weight is 165 g/mol. The Bertz CT molecular complexity index is 363. The summed E-state index contributed by atoms with van der Waals surface area (Å²) in [6, 6.07) is 0.543. The van der Waals surface area contributed by atoms with E-state index in [4.69, 9.17) is 4.74 Å². The van der Waals surface area contributed by atoms with Gasteiger partial charge in [-0.3, -0.25) is 4.57 Å². The minimum atomic E-state index is 0.403. The molecular weight excluding hydrogens is 158 g/mol. The van der Waals surface area contributed by atoms with Crippen LogP contribution in [0.25, 0.3) is 0 Å². The van der Waals surface area contributed by atoms with Crippen LogP contribution in [0.2, 0.25) is 0 Å². The van der Waals surface area contributed by atoms with E-state index in [1.54, 1.807) is 0 Å². The zero-order valence-electron chi connectivity index (χ0n) is 6.57. The molecule has 5 heteroatoms. The minimum absolute atomic E-state index is 0.403. The minimum Gasteiger partial charge on any atom is -0.463 e. The van der Waals surface area contributed by atoms with Crippen molar-refractivity contribution in [1.82, 2.24) is 9.55 Å². The van der Waals surface area contributed by atoms with Gasteiger partial charge in [0.2, 0.25) is 6.08 Å². The lowest BCUT2D eigenvalue weighted by Gasteiger charge is -1.93. The van der Waals surface area contributed by atoms with Gasteiger partial charge in [-0.2, -0.15) is 4.98 Å². The van der Waals surface area contributed by atoms with Gasteiger partial charge in [0.15, 0.2) is 5.82 Å². The maximum Gasteiger partial charge on any atom is 0.298 e. The van der Waals surface area contributed by atoms with Crippen molar-refractivity contribution in [1.29, 1.82) is 0 Å². The number of hydrogen-bond donors (Lipinski definition) is 0. The summed E-state index contributed by atoms with van der Waals surface area (Å²) < 4.78 is 7.05. The third kappa shape index (κ3) is 0.838. The molecule has 0 spiro atoms. The maximum atomic E-state index is 9.97. The van der Waals surface area contributed by atoms with Gasteiger partial charge in [-0.1, -0.05) is 0 Å². The molecule has 0 radical (unpaired) electrons. The Kier molecular flexibility index (Phi) is 1.45. The summed E-state index contributed by atoms with van der Waals surface area (Å²) in [5.41, 5.74) is 0.853. The fourth-order valence-corrected chi connectivity index (χ4v) is 1.25. The second-order valence-corrected chi connectivity index (χ2v) is 2.51. The normalized spacial score (nSPS) is 13.4. The summed E-state index contributed by atoms with van der Waals surface area (Å²) in [5.74, 6) is 0.403. The molecule has 0 fully saturated rings. The van der Waals surface area contributed by atoms with Crippen LogP contribution in [0.4, 0.5) is 5.82 Å². The number of aromatic nitrogens is 2. The number of isocyanates is 1. The van der Waals surface area contributed by atoms with Crippen LogP contribution < -0.4 is 4.74 Å². The van der Waals surface area contributed by atoms with Gasteiger partial charge in [-0.15, -0.1) is 4.99 Å². The Labute approximate surface area is 68.7 Å². The lowest BCUT2D eigenvalue weighted by atomic mass is 10.5. The van der Waals surface area contributed by atoms with Crippen LogP contribution in [-0.4, -0.2) is 22.2 Å². The van der Waals surface area contributed by atoms with Gasteiger partial charge in [-0.25, -0.2) is 4.79 Å². The van der Waals surface area contributed by atoms with Crippen molar-refractivity contribution in [3.8, 4) is 6.01 Å². The molecule has 1 aliphatic rings. The van der Waals surface area contributed by atoms with Crippen LogP contribution in [0.5, 0.6) is 6.01 Å². The van der Waals surface area contributed by atoms with Gasteiger partial charge in [-0.05, 0) is 6.92 Å². The third-order valence-corrected chi connectivity index (χ3v) is 1.86. The first-order valence-corrected chi connectivity index (χ1v) is 3.60. The van der Waals surface area contributed by atoms with Gasteiger partial charge in [0.05, 0.1) is 12.2 Å². The molecule has 2 heterocycles. The second-order valence-electron chi connectivity index (χ2n) is 2.51. The molecule has 0 saturated carbocycles. The highest BCUT2D eigenvalue weighted by molar-refractivity contribution is 5.48. The Hall–Kier alpha value is -1.61. The highest BCUT2D eigenvalue weighted by atomic mass is 16.5. The topological polar surface area (TPSA) is 56.5 Å². The predicted molar refractivity (Wildman–Crippen MR) is 40.2 cm³/mol. The molecule has 0 unspecified atom stereocenters. The average Bonchev–Trinajstić information content (AvgIpc) is 2.58. The number of ether oxygens (including phenoxy) is 1. The zero-order valence-corrected chi connectivity index (χ0v) is 6.57. The van der Waals surface area contributed by atoms with E-state index in [0.29, 0.717) is 18.4 Å². The highest BCUT2D eigenvalue weighted by Gasteiger charge is 2.19. The first kappa shape index (κ1) is 7.06. The SMILES string of the molecule is Cc1c(N=C=O)nc2n1CCO2. The van der Waals surface area contributed by atoms with Gasteiger partial charge in [0.1, 0.15) is 6.61 Å². The number of fused-ring (bicyclic) bond motifs is 1. The van der Waals surface area contributed by atoms with Crippen LogP contribution in [0.15, 0.2) is 4.99 Å². The van der Waals surface area contributed by atoms with Gasteiger partial charge >= 0.3 is 0 Å². The van der Waals surface area contributed by atoms with Crippen molar-refractivity contribution in [2.24, 2.45) is 4.99 Å². The summed E-state index contributed by atoms with van der Waals surface area (Å²) in [6.07, 6.45) is 1.46. The van der Waals surface area contributed by atoms with E-state index >= 15 is 0 Å². The number of nitrogens with zero attached hydrogens (tertiary/aromatic N) is 3. The molecule has 0 bridgehead atoms. The number of carbonyl (C=O) groups excluding carboxylic acids is 1. The molecule has 1 aromatic heterocycles. The summed E-state index contributed by atoms with van der Waals surface area (Å²) in [6.45, 7) is 3.28. The summed E-state index contributed by atoms with van der Waals surface area (Å²) in [4.78, 5) is 17.4. The molecule has 1 aliphatic heterocycles. The number of hydrogen-bond acceptors (Lipinski definition) is 4. The second kappa shape index (κ2) is 2.46. The Morgan fingerprint density at radius 2 is 2.58 bits per heavy atom. The Balaban J connectivity index is 2.54. The summed E-state index contributed by atoms with van der Waals surface area (Å²) in [5, 5.41) is 0. The van der Waals surface area contributed by atoms with Gasteiger partial charge in [0.25, 0.3) is 6.01 Å². The zero-order chi connectivity index (χ0) is 8.55. The molecule has 0 aromatic carbocycles. The van der Waals surface area contributed by atoms with E-state index in [9.17, 15) is 4.79 Å². The van der Waals surface area contributed by atoms with E-state index in [1.165, 1.54) is 6.08 Å². The van der Waals surface area contributed by atoms with Crippen LogP contribution in [0, 0.1) is 6.92 Å². The summed E-state index contributed by atoms with van der Waals surface area (Å²) in [7, 11) is 0. The molecule has 0 N–H and O–H groups in total. The Morgan fingerprint density at radius 3 is 3.25 bits per heavy atom. The van der Waals surface area contributed by atoms with E-state index in [1.807, 2.05) is 11.5 Å². The van der Waals surface area contributed by atoms with Crippen molar-refractivity contribution in [2.45, 2.75) is 13.5 Å². The van der Waals surface area contributed by atoms with Crippen LogP contribution >= 0.6 is 0 Å². The van der Waals surface area contributed by atoms with Crippen LogP contribution in [0.1, 0.15) is 5.69 Å². The molecule has 2 rings (SSSR count). The molecule has 0 aliphatic carbocycles. The van der Waals surface area contributed by atoms with Crippen molar-refractivity contribution < 1.29 is 9.53 Å². The first-order chi connectivity index (χ1) is 5.83. The molecule has 12 heavy (non-hydrogen) atoms. The maximum absolute atomic E-state index is 9.97. The van der Waals surface area contributed by atoms with Gasteiger partial charge in [0, 0.05) is 0 Å². The van der Waals surface area contributed by atoms with Crippen molar-refractivity contribution in [3.05, 3.63) is 5.69 Å². The Morgan fingerprint density at radius 1 is 1.75 bits per heavy atom. The molecule has 0 saturated heterocycles. The fourth-order valence-electron chi connectivity index (χ4n) is 1.25. The monoisotopic (exact) mass is 165 g/mol. The van der Waals surface area contributed by atoms with E-state index in [0.717, 1.165) is 12.2 Å². The van der Waals surface area contributed by atoms with Crippen molar-refractivity contribution >= 4 is 11.9 Å². The van der Waals surface area contributed by atoms with E-state index in [2.05, 4.69) is 9.98 Å². The molecule has 0 amide bonds. The lowest BCUT2D eigenvalue weighted by Crippen LogP contribution is -1.94. The number of rotatable bonds is 1. The predicted octanol–water partition coefficient (Wildman–Crippen LogP) is 0.551. The summed E-state index contributed by atoms with van der Waals surface area (Å²) >= 11 is 0. The van der Waals surface area contributed by atoms with E-state index in [-0.39, 0.29) is 0 Å². The largest absolute Gasteiger partial charge is 0.463 e. The molecule has 5 nitrogen and oxygen atoms in total. The lowest BCUT2D eigenvalue weighted by molar-refractivity contribution is 0.345. The smallest absolute Gasteiger partial charge is 0.298 e. The van der Waals surface area contributed by atoms with E-state index < -0.39 is 0 Å². The molecule has 62 valence electrons. The van der Waals surface area contributed by atoms with Crippen LogP contribution in [-0.2, 0) is 11.3 Å². The standard InChI is InChI=1S/C7H7N3O2/c1-5-6(8-4-11)9-7-10(5)2-3-12-7/h2-3H2,1H3. The number of imidazole rings is 1.